The van der Waals surface area contributed by atoms with Crippen molar-refractivity contribution in [3.63, 3.8) is 0 Å². The van der Waals surface area contributed by atoms with Crippen LogP contribution in [0.4, 0.5) is 0 Å². The first kappa shape index (κ1) is 9.55. The van der Waals surface area contributed by atoms with Crippen LogP contribution in [0.2, 0.25) is 0 Å². The zero-order valence-corrected chi connectivity index (χ0v) is 9.39. The normalized spacial score (nSPS) is 24.9. The van der Waals surface area contributed by atoms with Crippen molar-refractivity contribution in [3.8, 4) is 0 Å². The number of benzene rings is 1. The lowest BCUT2D eigenvalue weighted by molar-refractivity contribution is 0.424. The molecule has 1 heterocycles. The summed E-state index contributed by atoms with van der Waals surface area (Å²) in [5, 5.41) is 0. The van der Waals surface area contributed by atoms with E-state index in [9.17, 15) is 4.21 Å². The Hall–Kier alpha value is -0.670. The maximum Gasteiger partial charge on any atom is 0.0928 e. The minimum Gasteiger partial charge on any atom is -0.372 e. The Morgan fingerprint density at radius 2 is 2.13 bits per heavy atom. The first-order chi connectivity index (χ1) is 7.33. The lowest BCUT2D eigenvalue weighted by atomic mass is 10.1. The van der Waals surface area contributed by atoms with Crippen LogP contribution in [0.5, 0.6) is 0 Å². The summed E-state index contributed by atoms with van der Waals surface area (Å²) in [6.45, 7) is 0.788. The summed E-state index contributed by atoms with van der Waals surface area (Å²) in [6.07, 6.45) is 3.84. The number of rotatable bonds is 3. The van der Waals surface area contributed by atoms with Gasteiger partial charge in [0.2, 0.25) is 0 Å². The van der Waals surface area contributed by atoms with Crippen LogP contribution in [-0.4, -0.2) is 22.7 Å². The van der Waals surface area contributed by atoms with Gasteiger partial charge in [-0.1, -0.05) is 6.07 Å². The van der Waals surface area contributed by atoms with E-state index >= 15 is 0 Å². The quantitative estimate of drug-likeness (QED) is 0.728. The standard InChI is InChI=1S/C12H14O2S/c13-15(8-11-7-14-11)12-5-4-9-2-1-3-10(9)6-12/h4-6,11H,1-3,7-8H2/t11-,15?/m1/s1. The summed E-state index contributed by atoms with van der Waals surface area (Å²) in [6, 6.07) is 6.28. The molecule has 0 N–H and O–H groups in total. The van der Waals surface area contributed by atoms with Gasteiger partial charge in [0.15, 0.2) is 0 Å². The van der Waals surface area contributed by atoms with Gasteiger partial charge in [0, 0.05) is 4.90 Å². The third-order valence-electron chi connectivity index (χ3n) is 3.07. The number of aryl methyl sites for hydroxylation is 2. The molecular formula is C12H14O2S. The van der Waals surface area contributed by atoms with Crippen molar-refractivity contribution in [2.45, 2.75) is 30.3 Å². The molecule has 2 atom stereocenters. The summed E-state index contributed by atoms with van der Waals surface area (Å²) >= 11 is 0. The lowest BCUT2D eigenvalue weighted by Crippen LogP contribution is -2.04. The van der Waals surface area contributed by atoms with Crippen molar-refractivity contribution < 1.29 is 8.95 Å². The fourth-order valence-corrected chi connectivity index (χ4v) is 3.34. The average molecular weight is 222 g/mol. The summed E-state index contributed by atoms with van der Waals surface area (Å²) < 4.78 is 17.0. The maximum absolute atomic E-state index is 11.9. The Kier molecular flexibility index (Phi) is 2.37. The summed E-state index contributed by atoms with van der Waals surface area (Å²) in [4.78, 5) is 0.978. The predicted molar refractivity (Wildman–Crippen MR) is 59.5 cm³/mol. The highest BCUT2D eigenvalue weighted by molar-refractivity contribution is 7.85. The molecular weight excluding hydrogens is 208 g/mol. The van der Waals surface area contributed by atoms with E-state index in [2.05, 4.69) is 12.1 Å². The molecule has 3 rings (SSSR count). The molecule has 0 radical (unpaired) electrons. The van der Waals surface area contributed by atoms with E-state index in [1.807, 2.05) is 6.07 Å². The van der Waals surface area contributed by atoms with Crippen LogP contribution >= 0.6 is 0 Å². The number of fused-ring (bicyclic) bond motifs is 1. The SMILES string of the molecule is O=S(C[C@H]1CO1)c1ccc2c(c1)CCC2. The zero-order valence-electron chi connectivity index (χ0n) is 8.57. The van der Waals surface area contributed by atoms with Gasteiger partial charge in [0.1, 0.15) is 0 Å². The third kappa shape index (κ3) is 1.99. The topological polar surface area (TPSA) is 29.6 Å². The molecule has 0 spiro atoms. The molecule has 1 unspecified atom stereocenters. The number of hydrogen-bond donors (Lipinski definition) is 0. The van der Waals surface area contributed by atoms with Crippen LogP contribution in [0.3, 0.4) is 0 Å². The zero-order chi connectivity index (χ0) is 10.3. The van der Waals surface area contributed by atoms with E-state index in [0.29, 0.717) is 5.75 Å². The van der Waals surface area contributed by atoms with E-state index in [-0.39, 0.29) is 6.10 Å². The van der Waals surface area contributed by atoms with Gasteiger partial charge in [0.25, 0.3) is 0 Å². The number of hydrogen-bond acceptors (Lipinski definition) is 2. The molecule has 3 heteroatoms. The Morgan fingerprint density at radius 3 is 2.93 bits per heavy atom. The lowest BCUT2D eigenvalue weighted by Gasteiger charge is -2.03. The van der Waals surface area contributed by atoms with Gasteiger partial charge in [-0.3, -0.25) is 4.21 Å². The molecule has 2 nitrogen and oxygen atoms in total. The second kappa shape index (κ2) is 3.72. The second-order valence-corrected chi connectivity index (χ2v) is 5.75. The Labute approximate surface area is 92.1 Å². The van der Waals surface area contributed by atoms with Crippen molar-refractivity contribution in [1.82, 2.24) is 0 Å². The highest BCUT2D eigenvalue weighted by Gasteiger charge is 2.25. The number of ether oxygens (including phenoxy) is 1. The summed E-state index contributed by atoms with van der Waals surface area (Å²) in [5.74, 6) is 0.665. The molecule has 1 aliphatic carbocycles. The molecule has 0 amide bonds. The Balaban J connectivity index is 1.82. The van der Waals surface area contributed by atoms with Gasteiger partial charge in [-0.25, -0.2) is 0 Å². The van der Waals surface area contributed by atoms with Crippen LogP contribution in [0.1, 0.15) is 17.5 Å². The van der Waals surface area contributed by atoms with Gasteiger partial charge in [-0.05, 0) is 42.5 Å². The van der Waals surface area contributed by atoms with Crippen molar-refractivity contribution in [1.29, 1.82) is 0 Å². The molecule has 1 aromatic carbocycles. The molecule has 1 aromatic rings. The van der Waals surface area contributed by atoms with Crippen LogP contribution in [0.25, 0.3) is 0 Å². The monoisotopic (exact) mass is 222 g/mol. The molecule has 0 aromatic heterocycles. The average Bonchev–Trinajstić information content (AvgIpc) is 2.94. The minimum atomic E-state index is -0.868. The minimum absolute atomic E-state index is 0.249. The largest absolute Gasteiger partial charge is 0.372 e. The van der Waals surface area contributed by atoms with Gasteiger partial charge in [-0.2, -0.15) is 0 Å². The van der Waals surface area contributed by atoms with Crippen LogP contribution in [0.15, 0.2) is 23.1 Å². The van der Waals surface area contributed by atoms with Crippen LogP contribution in [-0.2, 0) is 28.4 Å². The van der Waals surface area contributed by atoms with Gasteiger partial charge in [0.05, 0.1) is 29.3 Å². The molecule has 0 bridgehead atoms. The fraction of sp³-hybridized carbons (Fsp3) is 0.500. The van der Waals surface area contributed by atoms with E-state index in [4.69, 9.17) is 4.74 Å². The van der Waals surface area contributed by atoms with Crippen molar-refractivity contribution >= 4 is 10.8 Å². The Morgan fingerprint density at radius 1 is 1.33 bits per heavy atom. The fourth-order valence-electron chi connectivity index (χ4n) is 2.12. The van der Waals surface area contributed by atoms with Gasteiger partial charge < -0.3 is 4.74 Å². The first-order valence-electron chi connectivity index (χ1n) is 5.45. The van der Waals surface area contributed by atoms with Crippen molar-refractivity contribution in [3.05, 3.63) is 29.3 Å². The van der Waals surface area contributed by atoms with Crippen molar-refractivity contribution in [2.75, 3.05) is 12.4 Å². The maximum atomic E-state index is 11.9. The molecule has 0 saturated carbocycles. The molecule has 1 aliphatic heterocycles. The van der Waals surface area contributed by atoms with E-state index in [1.165, 1.54) is 24.0 Å². The van der Waals surface area contributed by atoms with E-state index in [0.717, 1.165) is 17.9 Å². The summed E-state index contributed by atoms with van der Waals surface area (Å²) in [5.41, 5.74) is 2.84. The predicted octanol–water partition coefficient (Wildman–Crippen LogP) is 1.68. The Bertz CT molecular complexity index is 410. The second-order valence-electron chi connectivity index (χ2n) is 4.25. The number of epoxide rings is 1. The van der Waals surface area contributed by atoms with E-state index < -0.39 is 10.8 Å². The highest BCUT2D eigenvalue weighted by Crippen LogP contribution is 2.25. The van der Waals surface area contributed by atoms with Gasteiger partial charge in [-0.15, -0.1) is 0 Å². The van der Waals surface area contributed by atoms with Crippen molar-refractivity contribution in [2.24, 2.45) is 0 Å². The van der Waals surface area contributed by atoms with Gasteiger partial charge >= 0.3 is 0 Å². The van der Waals surface area contributed by atoms with Crippen LogP contribution < -0.4 is 0 Å². The van der Waals surface area contributed by atoms with Crippen LogP contribution in [0, 0.1) is 0 Å². The molecule has 80 valence electrons. The smallest absolute Gasteiger partial charge is 0.0928 e. The first-order valence-corrected chi connectivity index (χ1v) is 6.76. The summed E-state index contributed by atoms with van der Waals surface area (Å²) in [7, 11) is -0.868. The third-order valence-corrected chi connectivity index (χ3v) is 4.53. The molecule has 2 aliphatic rings. The van der Waals surface area contributed by atoms with E-state index in [1.54, 1.807) is 0 Å². The molecule has 15 heavy (non-hydrogen) atoms. The molecule has 1 saturated heterocycles. The molecule has 1 fully saturated rings. The highest BCUT2D eigenvalue weighted by atomic mass is 32.2.